The van der Waals surface area contributed by atoms with Crippen LogP contribution in [0.4, 0.5) is 34.1 Å². The van der Waals surface area contributed by atoms with Crippen LogP contribution in [0.15, 0.2) is 193 Å². The number of nitrogens with zero attached hydrogens (tertiary/aromatic N) is 13. The Labute approximate surface area is 593 Å². The zero-order chi connectivity index (χ0) is 72.8. The van der Waals surface area contributed by atoms with Crippen molar-refractivity contribution in [3.63, 3.8) is 0 Å². The van der Waals surface area contributed by atoms with Gasteiger partial charge in [-0.2, -0.15) is 0 Å². The van der Waals surface area contributed by atoms with E-state index in [9.17, 15) is 59.1 Å². The molecule has 0 bridgehead atoms. The summed E-state index contributed by atoms with van der Waals surface area (Å²) in [4.78, 5) is 127. The number of furan rings is 2. The van der Waals surface area contributed by atoms with Gasteiger partial charge in [-0.3, -0.25) is 68.2 Å². The number of anilines is 3. The van der Waals surface area contributed by atoms with Crippen molar-refractivity contribution in [2.75, 3.05) is 114 Å². The Morgan fingerprint density at radius 3 is 1.11 bits per heavy atom. The van der Waals surface area contributed by atoms with E-state index in [-0.39, 0.29) is 42.3 Å². The highest BCUT2D eigenvalue weighted by Gasteiger charge is 2.37. The number of carbonyl (C=O) groups excluding carboxylic acids is 3. The van der Waals surface area contributed by atoms with Crippen LogP contribution in [0.2, 0.25) is 0 Å². The average Bonchev–Trinajstić information content (AvgIpc) is 1.38. The van der Waals surface area contributed by atoms with Crippen LogP contribution in [0.25, 0.3) is 32.7 Å². The number of benzene rings is 5. The number of likely N-dealkylation sites (N-methyl/N-ethyl adjacent to an activating group) is 1. The maximum Gasteiger partial charge on any atom is 0.357 e. The number of rotatable bonds is 16. The first-order chi connectivity index (χ1) is 49.6. The van der Waals surface area contributed by atoms with Gasteiger partial charge >= 0.3 is 33.7 Å². The monoisotopic (exact) mass is 1410 g/mol. The normalized spacial score (nSPS) is 14.0. The molecule has 0 spiro atoms. The van der Waals surface area contributed by atoms with E-state index in [1.807, 2.05) is 181 Å². The van der Waals surface area contributed by atoms with E-state index in [1.165, 1.54) is 37.6 Å². The van der Waals surface area contributed by atoms with Crippen molar-refractivity contribution in [3.05, 3.63) is 275 Å². The molecule has 0 unspecified atom stereocenters. The molecule has 27 nitrogen and oxygen atoms in total. The number of amides is 3. The van der Waals surface area contributed by atoms with Crippen LogP contribution in [0, 0.1) is 51.1 Å². The predicted octanol–water partition coefficient (Wildman–Crippen LogP) is 10.4. The van der Waals surface area contributed by atoms with Crippen molar-refractivity contribution in [1.29, 1.82) is 0 Å². The molecule has 3 aliphatic rings. The van der Waals surface area contributed by atoms with E-state index < -0.39 is 48.5 Å². The Bertz CT molecular complexity index is 4950. The highest BCUT2D eigenvalue weighted by atomic mass is 32.1. The molecule has 3 fully saturated rings. The van der Waals surface area contributed by atoms with Crippen molar-refractivity contribution in [2.45, 2.75) is 40.4 Å². The van der Waals surface area contributed by atoms with Crippen molar-refractivity contribution >= 4 is 95.9 Å². The number of aromatic nitrogens is 3. The fraction of sp³-hybridized carbons (Fsp3) is 0.280. The van der Waals surface area contributed by atoms with Crippen molar-refractivity contribution in [1.82, 2.24) is 33.3 Å². The molecule has 0 aliphatic carbocycles. The standard InChI is InChI=1S/C26H24N4O5.C26H24N4O4S.C23H27N5O5/c2*1-18-9-10-21-20(16-18)23(27-11-13-28(14-12-27)25(31)22-8-5-15-35-22)24(30(33)34)26(32)29(21)17-19-6-3-2-4-7-19;1-16-6-7-18-17(15-16)20(21(28(31)32)23(30)27(18)13-8-24(2)3)25-9-11-26(12-10-25)22(29)19-5-4-14-33-19/h2*2-10,15-16H,11-14,17H2,1H3;4-7,14-15H,8-13H2,1-3H3. The second-order valence-corrected chi connectivity index (χ2v) is 26.7. The Hall–Kier alpha value is -12.0. The highest BCUT2D eigenvalue weighted by Crippen LogP contribution is 2.39. The molecule has 0 N–H and O–H groups in total. The van der Waals surface area contributed by atoms with Gasteiger partial charge in [-0.1, -0.05) is 102 Å². The topological polar surface area (TPSA) is 296 Å². The number of hydrogen-bond acceptors (Lipinski definition) is 19. The second kappa shape index (κ2) is 30.8. The van der Waals surface area contributed by atoms with Crippen LogP contribution >= 0.6 is 11.3 Å². The van der Waals surface area contributed by atoms with Gasteiger partial charge in [0.25, 0.3) is 17.7 Å². The van der Waals surface area contributed by atoms with Gasteiger partial charge in [0, 0.05) is 108 Å². The fourth-order valence-electron chi connectivity index (χ4n) is 13.5. The van der Waals surface area contributed by atoms with E-state index in [2.05, 4.69) is 0 Å². The van der Waals surface area contributed by atoms with Crippen molar-refractivity contribution < 1.29 is 38.0 Å². The molecule has 0 radical (unpaired) electrons. The largest absolute Gasteiger partial charge is 0.459 e. The molecule has 28 heteroatoms. The Morgan fingerprint density at radius 1 is 0.437 bits per heavy atom. The number of carbonyl (C=O) groups is 3. The number of nitro groups is 3. The Balaban J connectivity index is 0.000000146. The van der Waals surface area contributed by atoms with Crippen LogP contribution in [-0.2, 0) is 19.6 Å². The quantitative estimate of drug-likeness (QED) is 0.0641. The number of hydrogen-bond donors (Lipinski definition) is 0. The molecule has 3 aliphatic heterocycles. The van der Waals surface area contributed by atoms with Crippen LogP contribution in [0.3, 0.4) is 0 Å². The Kier molecular flexibility index (Phi) is 21.2. The van der Waals surface area contributed by atoms with Gasteiger partial charge in [0.2, 0.25) is 0 Å². The molecule has 530 valence electrons. The number of piperazine rings is 3. The van der Waals surface area contributed by atoms with Crippen LogP contribution in [0.1, 0.15) is 58.6 Å². The van der Waals surface area contributed by atoms with Gasteiger partial charge in [0.1, 0.15) is 17.1 Å². The molecule has 14 rings (SSSR count). The molecular weight excluding hydrogens is 1340 g/mol. The van der Waals surface area contributed by atoms with Crippen LogP contribution in [0.5, 0.6) is 0 Å². The number of aryl methyl sites for hydroxylation is 3. The molecule has 3 saturated heterocycles. The van der Waals surface area contributed by atoms with Crippen molar-refractivity contribution in [3.8, 4) is 0 Å². The van der Waals surface area contributed by atoms with Gasteiger partial charge < -0.3 is 47.7 Å². The van der Waals surface area contributed by atoms with Crippen LogP contribution in [-0.4, -0.2) is 165 Å². The summed E-state index contributed by atoms with van der Waals surface area (Å²) >= 11 is 1.40. The zero-order valence-electron chi connectivity index (χ0n) is 57.4. The van der Waals surface area contributed by atoms with Crippen molar-refractivity contribution in [2.24, 2.45) is 0 Å². The third kappa shape index (κ3) is 15.1. The van der Waals surface area contributed by atoms with E-state index in [1.54, 1.807) is 45.0 Å². The number of fused-ring (bicyclic) bond motifs is 3. The minimum Gasteiger partial charge on any atom is -0.459 e. The molecular formula is C75H75N13O14S. The lowest BCUT2D eigenvalue weighted by Crippen LogP contribution is -2.49. The van der Waals surface area contributed by atoms with Gasteiger partial charge in [-0.15, -0.1) is 11.3 Å². The summed E-state index contributed by atoms with van der Waals surface area (Å²) in [5.41, 5.74) is 4.39. The fourth-order valence-corrected chi connectivity index (χ4v) is 14.2. The van der Waals surface area contributed by atoms with Gasteiger partial charge in [-0.05, 0) is 118 Å². The molecule has 11 aromatic rings. The summed E-state index contributed by atoms with van der Waals surface area (Å²) in [5, 5.41) is 40.5. The molecule has 103 heavy (non-hydrogen) atoms. The van der Waals surface area contributed by atoms with Gasteiger partial charge in [0.15, 0.2) is 11.5 Å². The maximum absolute atomic E-state index is 13.5. The lowest BCUT2D eigenvalue weighted by Gasteiger charge is -2.36. The third-order valence-electron chi connectivity index (χ3n) is 18.6. The summed E-state index contributed by atoms with van der Waals surface area (Å²) in [6.45, 7) is 11.7. The first-order valence-corrected chi connectivity index (χ1v) is 34.4. The molecule has 6 aromatic heterocycles. The molecule has 0 atom stereocenters. The smallest absolute Gasteiger partial charge is 0.357 e. The first kappa shape index (κ1) is 70.8. The van der Waals surface area contributed by atoms with E-state index in [0.717, 1.165) is 27.8 Å². The minimum absolute atomic E-state index is 0.0341. The summed E-state index contributed by atoms with van der Waals surface area (Å²) in [6, 6.07) is 46.0. The SMILES string of the molecule is Cc1ccc2c(c1)c(N1CCN(C(=O)c3ccco3)CC1)c([N+](=O)[O-])c(=O)n2CCN(C)C.Cc1ccc2c(c1)c(N1CCN(C(=O)c3ccco3)CC1)c([N+](=O)[O-])c(=O)n2Cc1ccccc1.Cc1ccc2c(c1)c(N1CCN(C(=O)c3cccs3)CC1)c([N+](=O)[O-])c(=O)n2Cc1ccccc1. The highest BCUT2D eigenvalue weighted by molar-refractivity contribution is 7.12. The summed E-state index contributed by atoms with van der Waals surface area (Å²) in [7, 11) is 3.79. The second-order valence-electron chi connectivity index (χ2n) is 25.7. The molecule has 0 saturated carbocycles. The molecule has 5 aromatic carbocycles. The lowest BCUT2D eigenvalue weighted by atomic mass is 10.1. The van der Waals surface area contributed by atoms with Crippen LogP contribution < -0.4 is 31.4 Å². The third-order valence-corrected chi connectivity index (χ3v) is 19.5. The Morgan fingerprint density at radius 2 is 0.786 bits per heavy atom. The maximum atomic E-state index is 13.5. The van der Waals surface area contributed by atoms with E-state index >= 15 is 0 Å². The van der Waals surface area contributed by atoms with Gasteiger partial charge in [0.05, 0.1) is 61.8 Å². The predicted molar refractivity (Wildman–Crippen MR) is 395 cm³/mol. The summed E-state index contributed by atoms with van der Waals surface area (Å²) in [6.07, 6.45) is 2.90. The molecule has 9 heterocycles. The van der Waals surface area contributed by atoms with Gasteiger partial charge in [-0.25, -0.2) is 0 Å². The lowest BCUT2D eigenvalue weighted by molar-refractivity contribution is -0.385. The van der Waals surface area contributed by atoms with E-state index in [4.69, 9.17) is 8.83 Å². The average molecular weight is 1410 g/mol. The summed E-state index contributed by atoms with van der Waals surface area (Å²) in [5.74, 6) is 0.0539. The number of thiophene rings is 1. The number of pyridine rings is 3. The summed E-state index contributed by atoms with van der Waals surface area (Å²) < 4.78 is 14.9. The minimum atomic E-state index is -0.640. The van der Waals surface area contributed by atoms with E-state index in [0.29, 0.717) is 146 Å². The zero-order valence-corrected chi connectivity index (χ0v) is 58.2. The molecule has 3 amide bonds. The first-order valence-electron chi connectivity index (χ1n) is 33.6.